The highest BCUT2D eigenvalue weighted by Gasteiger charge is 2.06. The van der Waals surface area contributed by atoms with Crippen molar-refractivity contribution >= 4 is 5.84 Å². The van der Waals surface area contributed by atoms with Gasteiger partial charge in [-0.1, -0.05) is 12.1 Å². The summed E-state index contributed by atoms with van der Waals surface area (Å²) < 4.78 is 1.54. The Bertz CT molecular complexity index is 395. The van der Waals surface area contributed by atoms with Crippen molar-refractivity contribution in [2.45, 2.75) is 19.9 Å². The van der Waals surface area contributed by atoms with E-state index in [1.54, 1.807) is 12.3 Å². The summed E-state index contributed by atoms with van der Waals surface area (Å²) in [4.78, 5) is 11.7. The fraction of sp³-hybridized carbons (Fsp3) is 0.333. The number of oxime groups is 1. The third-order valence-corrected chi connectivity index (χ3v) is 1.87. The van der Waals surface area contributed by atoms with Gasteiger partial charge in [-0.3, -0.25) is 4.79 Å². The van der Waals surface area contributed by atoms with E-state index >= 15 is 0 Å². The third-order valence-electron chi connectivity index (χ3n) is 1.87. The van der Waals surface area contributed by atoms with Gasteiger partial charge in [-0.05, 0) is 18.6 Å². The average molecular weight is 195 g/mol. The molecule has 0 fully saturated rings. The maximum absolute atomic E-state index is 11.7. The number of aromatic nitrogens is 1. The molecule has 0 spiro atoms. The number of hydrogen-bond acceptors (Lipinski definition) is 3. The molecule has 0 atom stereocenters. The van der Waals surface area contributed by atoms with Gasteiger partial charge in [-0.2, -0.15) is 0 Å². The first-order valence-electron chi connectivity index (χ1n) is 4.38. The normalized spacial score (nSPS) is 11.6. The van der Waals surface area contributed by atoms with Crippen molar-refractivity contribution in [3.63, 3.8) is 0 Å². The van der Waals surface area contributed by atoms with E-state index in [4.69, 9.17) is 10.9 Å². The lowest BCUT2D eigenvalue weighted by Crippen LogP contribution is -2.29. The van der Waals surface area contributed by atoms with E-state index in [0.29, 0.717) is 6.54 Å². The monoisotopic (exact) mass is 195 g/mol. The van der Waals surface area contributed by atoms with Crippen LogP contribution in [0.3, 0.4) is 0 Å². The number of aryl methyl sites for hydroxylation is 1. The fourth-order valence-corrected chi connectivity index (χ4v) is 1.20. The second-order valence-corrected chi connectivity index (χ2v) is 2.91. The van der Waals surface area contributed by atoms with Crippen molar-refractivity contribution in [1.29, 1.82) is 0 Å². The summed E-state index contributed by atoms with van der Waals surface area (Å²) in [5, 5.41) is 11.3. The molecular formula is C9H13N3O2. The molecule has 5 heteroatoms. The molecule has 1 heterocycles. The predicted octanol–water partition coefficient (Wildman–Crippen LogP) is 0.353. The van der Waals surface area contributed by atoms with Crippen LogP contribution < -0.4 is 11.3 Å². The Morgan fingerprint density at radius 1 is 1.71 bits per heavy atom. The summed E-state index contributed by atoms with van der Waals surface area (Å²) in [6.45, 7) is 2.61. The quantitative estimate of drug-likeness (QED) is 0.316. The van der Waals surface area contributed by atoms with Crippen molar-refractivity contribution in [3.05, 3.63) is 34.2 Å². The summed E-state index contributed by atoms with van der Waals surface area (Å²) in [5.41, 5.74) is 5.34. The highest BCUT2D eigenvalue weighted by Crippen LogP contribution is 1.93. The van der Waals surface area contributed by atoms with Gasteiger partial charge in [0.05, 0.1) is 5.56 Å². The van der Waals surface area contributed by atoms with E-state index in [1.165, 1.54) is 10.6 Å². The standard InChI is InChI=1S/C9H13N3O2/c1-2-5-12-6-3-4-7(9(12)13)8(10)11-14/h3-4,6,14H,2,5H2,1H3,(H2,10,11). The van der Waals surface area contributed by atoms with Gasteiger partial charge in [0.2, 0.25) is 0 Å². The lowest BCUT2D eigenvalue weighted by Gasteiger charge is -2.04. The van der Waals surface area contributed by atoms with Gasteiger partial charge in [-0.25, -0.2) is 0 Å². The molecule has 0 saturated heterocycles. The molecule has 0 aliphatic heterocycles. The summed E-state index contributed by atoms with van der Waals surface area (Å²) in [5.74, 6) is -0.152. The Morgan fingerprint density at radius 2 is 2.43 bits per heavy atom. The minimum absolute atomic E-state index is 0.152. The Balaban J connectivity index is 3.21. The van der Waals surface area contributed by atoms with Crippen LogP contribution in [0.1, 0.15) is 18.9 Å². The van der Waals surface area contributed by atoms with Crippen molar-refractivity contribution in [2.75, 3.05) is 0 Å². The number of amidine groups is 1. The summed E-state index contributed by atoms with van der Waals surface area (Å²) in [6, 6.07) is 3.23. The van der Waals surface area contributed by atoms with Crippen molar-refractivity contribution < 1.29 is 5.21 Å². The van der Waals surface area contributed by atoms with Crippen LogP contribution in [-0.4, -0.2) is 15.6 Å². The molecule has 0 aliphatic carbocycles. The van der Waals surface area contributed by atoms with Gasteiger partial charge in [0.15, 0.2) is 5.84 Å². The number of nitrogens with zero attached hydrogens (tertiary/aromatic N) is 2. The largest absolute Gasteiger partial charge is 0.409 e. The van der Waals surface area contributed by atoms with Crippen LogP contribution in [0.2, 0.25) is 0 Å². The van der Waals surface area contributed by atoms with Crippen LogP contribution in [-0.2, 0) is 6.54 Å². The van der Waals surface area contributed by atoms with Gasteiger partial charge < -0.3 is 15.5 Å². The molecule has 0 saturated carbocycles. The van der Waals surface area contributed by atoms with Gasteiger partial charge in [0.25, 0.3) is 5.56 Å². The molecule has 0 aromatic carbocycles. The van der Waals surface area contributed by atoms with Crippen LogP contribution >= 0.6 is 0 Å². The molecule has 3 N–H and O–H groups in total. The molecule has 0 amide bonds. The van der Waals surface area contributed by atoms with Crippen molar-refractivity contribution in [3.8, 4) is 0 Å². The van der Waals surface area contributed by atoms with Gasteiger partial charge in [-0.15, -0.1) is 0 Å². The second kappa shape index (κ2) is 4.45. The van der Waals surface area contributed by atoms with Crippen LogP contribution in [0.5, 0.6) is 0 Å². The van der Waals surface area contributed by atoms with Crippen LogP contribution in [0.25, 0.3) is 0 Å². The molecule has 76 valence electrons. The molecule has 0 bridgehead atoms. The Hall–Kier alpha value is -1.78. The van der Waals surface area contributed by atoms with Gasteiger partial charge in [0, 0.05) is 12.7 Å². The summed E-state index contributed by atoms with van der Waals surface area (Å²) in [6.07, 6.45) is 2.54. The van der Waals surface area contributed by atoms with Crippen LogP contribution in [0, 0.1) is 0 Å². The van der Waals surface area contributed by atoms with Crippen LogP contribution in [0.15, 0.2) is 28.3 Å². The smallest absolute Gasteiger partial charge is 0.261 e. The Morgan fingerprint density at radius 3 is 3.00 bits per heavy atom. The molecule has 1 aromatic rings. The molecule has 0 aliphatic rings. The zero-order chi connectivity index (χ0) is 10.6. The SMILES string of the molecule is CCCn1cccc(/C(N)=N/O)c1=O. The summed E-state index contributed by atoms with van der Waals surface area (Å²) >= 11 is 0. The van der Waals surface area contributed by atoms with Crippen LogP contribution in [0.4, 0.5) is 0 Å². The zero-order valence-electron chi connectivity index (χ0n) is 7.97. The number of pyridine rings is 1. The number of nitrogens with two attached hydrogens (primary N) is 1. The topological polar surface area (TPSA) is 80.6 Å². The van der Waals surface area contributed by atoms with E-state index < -0.39 is 0 Å². The molecule has 14 heavy (non-hydrogen) atoms. The fourth-order valence-electron chi connectivity index (χ4n) is 1.20. The molecule has 0 unspecified atom stereocenters. The molecule has 1 aromatic heterocycles. The molecule has 0 radical (unpaired) electrons. The lowest BCUT2D eigenvalue weighted by molar-refractivity contribution is 0.318. The van der Waals surface area contributed by atoms with E-state index in [1.807, 2.05) is 6.92 Å². The van der Waals surface area contributed by atoms with E-state index in [0.717, 1.165) is 6.42 Å². The Kier molecular flexibility index (Phi) is 3.28. The Labute approximate surface area is 81.5 Å². The van der Waals surface area contributed by atoms with E-state index in [9.17, 15) is 4.79 Å². The minimum Gasteiger partial charge on any atom is -0.409 e. The van der Waals surface area contributed by atoms with Crippen molar-refractivity contribution in [2.24, 2.45) is 10.9 Å². The molecular weight excluding hydrogens is 182 g/mol. The van der Waals surface area contributed by atoms with Gasteiger partial charge >= 0.3 is 0 Å². The summed E-state index contributed by atoms with van der Waals surface area (Å²) in [7, 11) is 0. The maximum Gasteiger partial charge on any atom is 0.261 e. The number of rotatable bonds is 3. The predicted molar refractivity (Wildman–Crippen MR) is 53.5 cm³/mol. The van der Waals surface area contributed by atoms with E-state index in [2.05, 4.69) is 5.16 Å². The third kappa shape index (κ3) is 1.93. The first kappa shape index (κ1) is 10.3. The minimum atomic E-state index is -0.232. The molecule has 5 nitrogen and oxygen atoms in total. The molecule has 1 rings (SSSR count). The van der Waals surface area contributed by atoms with Crippen molar-refractivity contribution in [1.82, 2.24) is 4.57 Å². The first-order valence-corrected chi connectivity index (χ1v) is 4.38. The second-order valence-electron chi connectivity index (χ2n) is 2.91. The highest BCUT2D eigenvalue weighted by molar-refractivity contribution is 5.96. The highest BCUT2D eigenvalue weighted by atomic mass is 16.4. The van der Waals surface area contributed by atoms with E-state index in [-0.39, 0.29) is 17.0 Å². The zero-order valence-corrected chi connectivity index (χ0v) is 7.97. The lowest BCUT2D eigenvalue weighted by atomic mass is 10.2. The first-order chi connectivity index (χ1) is 6.70. The average Bonchev–Trinajstić information content (AvgIpc) is 2.20. The number of hydrogen-bond donors (Lipinski definition) is 2. The van der Waals surface area contributed by atoms with Gasteiger partial charge in [0.1, 0.15) is 0 Å². The maximum atomic E-state index is 11.7.